The van der Waals surface area contributed by atoms with Crippen molar-refractivity contribution in [3.8, 4) is 0 Å². The Morgan fingerprint density at radius 2 is 1.31 bits per heavy atom. The molecule has 0 bridgehead atoms. The Morgan fingerprint density at radius 3 is 1.83 bits per heavy atom. The molecule has 274 valence electrons. The number of hydrogen-bond donors (Lipinski definition) is 0. The summed E-state index contributed by atoms with van der Waals surface area (Å²) in [6.45, 7) is 22.9. The van der Waals surface area contributed by atoms with Gasteiger partial charge in [0.25, 0.3) is 0 Å². The van der Waals surface area contributed by atoms with Crippen molar-refractivity contribution in [2.45, 2.75) is 168 Å². The number of hydrogen-bond acceptors (Lipinski definition) is 9. The first-order valence-corrected chi connectivity index (χ1v) is 18.6. The third-order valence-electron chi connectivity index (χ3n) is 9.74. The fourth-order valence-corrected chi connectivity index (χ4v) is 6.07. The Kier molecular flexibility index (Phi) is 16.8. The molecule has 2 aliphatic heterocycles. The lowest BCUT2D eigenvalue weighted by Crippen LogP contribution is -2.63. The van der Waals surface area contributed by atoms with Crippen LogP contribution in [-0.4, -0.2) is 87.8 Å². The van der Waals surface area contributed by atoms with Crippen molar-refractivity contribution in [3.63, 3.8) is 0 Å². The lowest BCUT2D eigenvalue weighted by molar-refractivity contribution is -0.283. The van der Waals surface area contributed by atoms with Gasteiger partial charge in [-0.2, -0.15) is 0 Å². The highest BCUT2D eigenvalue weighted by molar-refractivity contribution is 6.62. The fourth-order valence-electron chi connectivity index (χ4n) is 6.07. The Balaban J connectivity index is 2.06. The molecule has 1 aromatic rings. The SMILES string of the molecule is CCCCOCC1O[C@H]([C@H](OC(C)=O)c2ccc(B3OC(C)(C)C(C)(C)O3)cc2C)C(OCCCC)[C@@H](OCCCC)[C@@H]1OCCCC. The maximum atomic E-state index is 12.8. The molecule has 0 amide bonds. The van der Waals surface area contributed by atoms with Crippen molar-refractivity contribution in [1.29, 1.82) is 0 Å². The summed E-state index contributed by atoms with van der Waals surface area (Å²) in [6.07, 6.45) is 4.48. The van der Waals surface area contributed by atoms with Crippen LogP contribution < -0.4 is 5.46 Å². The third kappa shape index (κ3) is 11.0. The first-order valence-electron chi connectivity index (χ1n) is 18.6. The fraction of sp³-hybridized carbons (Fsp3) is 0.816. The van der Waals surface area contributed by atoms with Crippen molar-refractivity contribution in [1.82, 2.24) is 0 Å². The molecule has 2 saturated heterocycles. The minimum Gasteiger partial charge on any atom is -0.455 e. The van der Waals surface area contributed by atoms with E-state index >= 15 is 0 Å². The van der Waals surface area contributed by atoms with Gasteiger partial charge >= 0.3 is 13.1 Å². The van der Waals surface area contributed by atoms with E-state index in [1.165, 1.54) is 6.92 Å². The van der Waals surface area contributed by atoms with E-state index in [4.69, 9.17) is 37.7 Å². The van der Waals surface area contributed by atoms with E-state index in [9.17, 15) is 4.79 Å². The number of rotatable bonds is 21. The number of carbonyl (C=O) groups excluding carboxylic acids is 1. The number of ether oxygens (including phenoxy) is 6. The second-order valence-corrected chi connectivity index (χ2v) is 14.4. The lowest BCUT2D eigenvalue weighted by atomic mass is 9.77. The molecule has 48 heavy (non-hydrogen) atoms. The number of benzene rings is 1. The average molecular weight is 677 g/mol. The summed E-state index contributed by atoms with van der Waals surface area (Å²) < 4.78 is 51.9. The average Bonchev–Trinajstić information content (AvgIpc) is 3.26. The van der Waals surface area contributed by atoms with Crippen molar-refractivity contribution < 1.29 is 42.5 Å². The van der Waals surface area contributed by atoms with Gasteiger partial charge in [0.05, 0.1) is 17.8 Å². The minimum atomic E-state index is -0.756. The summed E-state index contributed by atoms with van der Waals surface area (Å²) in [5.41, 5.74) is 1.76. The monoisotopic (exact) mass is 676 g/mol. The van der Waals surface area contributed by atoms with Crippen LogP contribution in [0.2, 0.25) is 0 Å². The van der Waals surface area contributed by atoms with Gasteiger partial charge in [0.15, 0.2) is 6.10 Å². The second kappa shape index (κ2) is 19.8. The Hall–Kier alpha value is -1.53. The number of aryl methyl sites for hydroxylation is 1. The van der Waals surface area contributed by atoms with Crippen LogP contribution in [0.1, 0.15) is 131 Å². The van der Waals surface area contributed by atoms with Gasteiger partial charge in [-0.3, -0.25) is 4.79 Å². The second-order valence-electron chi connectivity index (χ2n) is 14.4. The smallest absolute Gasteiger partial charge is 0.455 e. The van der Waals surface area contributed by atoms with Gasteiger partial charge in [-0.15, -0.1) is 0 Å². The molecule has 9 nitrogen and oxygen atoms in total. The normalized spacial score (nSPS) is 25.7. The van der Waals surface area contributed by atoms with Crippen LogP contribution >= 0.6 is 0 Å². The molecule has 1 aromatic carbocycles. The van der Waals surface area contributed by atoms with Crippen LogP contribution in [0.3, 0.4) is 0 Å². The van der Waals surface area contributed by atoms with E-state index < -0.39 is 60.9 Å². The Morgan fingerprint density at radius 1 is 0.792 bits per heavy atom. The van der Waals surface area contributed by atoms with E-state index in [2.05, 4.69) is 33.8 Å². The van der Waals surface area contributed by atoms with Crippen LogP contribution in [-0.2, 0) is 42.5 Å². The molecule has 0 radical (unpaired) electrons. The summed E-state index contributed by atoms with van der Waals surface area (Å²) in [5.74, 6) is -0.397. The predicted molar refractivity (Wildman–Crippen MR) is 190 cm³/mol. The van der Waals surface area contributed by atoms with Gasteiger partial charge in [-0.05, 0) is 76.9 Å². The molecule has 10 heteroatoms. The van der Waals surface area contributed by atoms with Gasteiger partial charge in [-0.1, -0.05) is 71.6 Å². The van der Waals surface area contributed by atoms with E-state index in [1.807, 2.05) is 46.8 Å². The quantitative estimate of drug-likeness (QED) is 0.0773. The lowest BCUT2D eigenvalue weighted by Gasteiger charge is -2.48. The summed E-state index contributed by atoms with van der Waals surface area (Å²) in [5, 5.41) is 0. The van der Waals surface area contributed by atoms with Gasteiger partial charge in [0, 0.05) is 33.4 Å². The van der Waals surface area contributed by atoms with Crippen LogP contribution in [0, 0.1) is 6.92 Å². The Bertz CT molecular complexity index is 1080. The maximum absolute atomic E-state index is 12.8. The topological polar surface area (TPSA) is 90.9 Å². The van der Waals surface area contributed by atoms with Crippen LogP contribution in [0.5, 0.6) is 0 Å². The van der Waals surface area contributed by atoms with E-state index in [0.717, 1.165) is 68.0 Å². The third-order valence-corrected chi connectivity index (χ3v) is 9.74. The maximum Gasteiger partial charge on any atom is 0.494 e. The summed E-state index contributed by atoms with van der Waals surface area (Å²) in [6, 6.07) is 6.05. The van der Waals surface area contributed by atoms with Crippen molar-refractivity contribution in [2.24, 2.45) is 0 Å². The van der Waals surface area contributed by atoms with Gasteiger partial charge in [0.2, 0.25) is 0 Å². The molecular weight excluding hydrogens is 611 g/mol. The summed E-state index contributed by atoms with van der Waals surface area (Å²) in [4.78, 5) is 12.8. The highest BCUT2D eigenvalue weighted by atomic mass is 16.7. The number of unbranched alkanes of at least 4 members (excludes halogenated alkanes) is 4. The number of esters is 1. The molecule has 2 unspecified atom stereocenters. The zero-order valence-corrected chi connectivity index (χ0v) is 31.6. The van der Waals surface area contributed by atoms with E-state index in [0.29, 0.717) is 33.0 Å². The molecule has 3 rings (SSSR count). The minimum absolute atomic E-state index is 0.343. The zero-order valence-electron chi connectivity index (χ0n) is 31.6. The first kappa shape index (κ1) is 40.9. The molecule has 0 N–H and O–H groups in total. The van der Waals surface area contributed by atoms with Crippen LogP contribution in [0.4, 0.5) is 0 Å². The van der Waals surface area contributed by atoms with E-state index in [-0.39, 0.29) is 0 Å². The molecule has 2 heterocycles. The Labute approximate surface area is 291 Å². The molecule has 0 saturated carbocycles. The molecule has 6 atom stereocenters. The summed E-state index contributed by atoms with van der Waals surface area (Å²) in [7, 11) is -0.506. The highest BCUT2D eigenvalue weighted by Crippen LogP contribution is 2.39. The van der Waals surface area contributed by atoms with Gasteiger partial charge in [-0.25, -0.2) is 0 Å². The van der Waals surface area contributed by atoms with Gasteiger partial charge < -0.3 is 37.7 Å². The van der Waals surface area contributed by atoms with Crippen LogP contribution in [0.15, 0.2) is 18.2 Å². The molecule has 0 aliphatic carbocycles. The largest absolute Gasteiger partial charge is 0.494 e. The molecule has 0 spiro atoms. The van der Waals surface area contributed by atoms with Crippen molar-refractivity contribution in [2.75, 3.05) is 33.0 Å². The standard InChI is InChI=1S/C38H65BO9/c1-11-15-21-41-26-31-33(42-22-16-12-2)34(43-23-17-13-3)35(44-24-18-14-4)36(46-31)32(45-28(6)40)30-20-19-29(25-27(30)5)39-47-37(7,8)38(9,10)48-39/h19-20,25,31-36H,11-18,21-24,26H2,1-10H3/t31?,32-,33-,34+,35?,36-/m1/s1. The predicted octanol–water partition coefficient (Wildman–Crippen LogP) is 7.04. The molecule has 2 fully saturated rings. The molecule has 2 aliphatic rings. The molecule has 0 aromatic heterocycles. The van der Waals surface area contributed by atoms with Crippen molar-refractivity contribution in [3.05, 3.63) is 29.3 Å². The molecular formula is C38H65BO9. The number of carbonyl (C=O) groups is 1. The van der Waals surface area contributed by atoms with Gasteiger partial charge in [0.1, 0.15) is 30.5 Å². The van der Waals surface area contributed by atoms with Crippen LogP contribution in [0.25, 0.3) is 0 Å². The van der Waals surface area contributed by atoms with Crippen molar-refractivity contribution >= 4 is 18.6 Å². The zero-order chi connectivity index (χ0) is 35.3. The van der Waals surface area contributed by atoms with E-state index in [1.54, 1.807) is 0 Å². The summed E-state index contributed by atoms with van der Waals surface area (Å²) >= 11 is 0. The first-order chi connectivity index (χ1) is 22.9. The highest BCUT2D eigenvalue weighted by Gasteiger charge is 2.53.